The van der Waals surface area contributed by atoms with E-state index in [0.29, 0.717) is 18.4 Å². The van der Waals surface area contributed by atoms with Gasteiger partial charge in [0.2, 0.25) is 17.8 Å². The van der Waals surface area contributed by atoms with Gasteiger partial charge in [-0.05, 0) is 20.3 Å². The zero-order valence-corrected chi connectivity index (χ0v) is 12.4. The Hall–Kier alpha value is -2.12. The second-order valence-corrected chi connectivity index (χ2v) is 4.39. The Kier molecular flexibility index (Phi) is 6.48. The van der Waals surface area contributed by atoms with E-state index in [4.69, 9.17) is 4.74 Å². The predicted molar refractivity (Wildman–Crippen MR) is 76.9 cm³/mol. The molecule has 8 nitrogen and oxygen atoms in total. The van der Waals surface area contributed by atoms with E-state index in [1.807, 2.05) is 20.8 Å². The Morgan fingerprint density at radius 3 is 2.55 bits per heavy atom. The highest BCUT2D eigenvalue weighted by molar-refractivity contribution is 5.80. The van der Waals surface area contributed by atoms with E-state index in [-0.39, 0.29) is 24.6 Å². The largest absolute Gasteiger partial charge is 0.461 e. The van der Waals surface area contributed by atoms with Gasteiger partial charge in [0.05, 0.1) is 12.6 Å². The molecule has 0 aliphatic heterocycles. The van der Waals surface area contributed by atoms with E-state index in [2.05, 4.69) is 30.9 Å². The first-order valence-corrected chi connectivity index (χ1v) is 6.66. The summed E-state index contributed by atoms with van der Waals surface area (Å²) in [4.78, 5) is 23.8. The Bertz CT molecular complexity index is 438. The summed E-state index contributed by atoms with van der Waals surface area (Å²) < 4.78 is 5.43. The standard InChI is InChI=1S/C12H22N6O2/c1-5-6-14-9(19)7-15-11-16-10(13-4)17-12(18-11)20-8(2)3/h8H,5-7H2,1-4H3,(H,14,19)(H2,13,15,16,17,18). The van der Waals surface area contributed by atoms with Gasteiger partial charge in [-0.2, -0.15) is 15.0 Å². The molecule has 20 heavy (non-hydrogen) atoms. The summed E-state index contributed by atoms with van der Waals surface area (Å²) in [5, 5.41) is 8.43. The van der Waals surface area contributed by atoms with E-state index in [1.165, 1.54) is 0 Å². The van der Waals surface area contributed by atoms with Crippen molar-refractivity contribution in [1.82, 2.24) is 20.3 Å². The number of ether oxygens (including phenoxy) is 1. The van der Waals surface area contributed by atoms with Crippen LogP contribution in [0.3, 0.4) is 0 Å². The summed E-state index contributed by atoms with van der Waals surface area (Å²) in [6.07, 6.45) is 0.858. The Morgan fingerprint density at radius 2 is 1.95 bits per heavy atom. The van der Waals surface area contributed by atoms with Crippen LogP contribution in [-0.4, -0.2) is 47.1 Å². The Morgan fingerprint density at radius 1 is 1.25 bits per heavy atom. The number of aromatic nitrogens is 3. The second kappa shape index (κ2) is 8.13. The first-order valence-electron chi connectivity index (χ1n) is 6.66. The molecule has 1 aromatic heterocycles. The lowest BCUT2D eigenvalue weighted by Gasteiger charge is -2.11. The van der Waals surface area contributed by atoms with Gasteiger partial charge in [-0.25, -0.2) is 0 Å². The van der Waals surface area contributed by atoms with Crippen molar-refractivity contribution in [3.63, 3.8) is 0 Å². The lowest BCUT2D eigenvalue weighted by atomic mass is 10.4. The van der Waals surface area contributed by atoms with Crippen molar-refractivity contribution in [3.05, 3.63) is 0 Å². The molecule has 0 aromatic carbocycles. The number of rotatable bonds is 8. The highest BCUT2D eigenvalue weighted by atomic mass is 16.5. The molecule has 0 saturated heterocycles. The van der Waals surface area contributed by atoms with E-state index < -0.39 is 0 Å². The zero-order valence-electron chi connectivity index (χ0n) is 12.4. The van der Waals surface area contributed by atoms with E-state index >= 15 is 0 Å². The number of hydrogen-bond donors (Lipinski definition) is 3. The van der Waals surface area contributed by atoms with Crippen LogP contribution in [0.5, 0.6) is 6.01 Å². The van der Waals surface area contributed by atoms with Crippen LogP contribution in [0.4, 0.5) is 11.9 Å². The van der Waals surface area contributed by atoms with Crippen LogP contribution in [0.25, 0.3) is 0 Å². The molecule has 1 amide bonds. The minimum atomic E-state index is -0.107. The molecule has 3 N–H and O–H groups in total. The van der Waals surface area contributed by atoms with Gasteiger partial charge in [0.15, 0.2) is 0 Å². The van der Waals surface area contributed by atoms with Crippen LogP contribution in [0, 0.1) is 0 Å². The molecule has 0 bridgehead atoms. The maximum Gasteiger partial charge on any atom is 0.323 e. The van der Waals surface area contributed by atoms with Crippen molar-refractivity contribution in [2.45, 2.75) is 33.3 Å². The lowest BCUT2D eigenvalue weighted by molar-refractivity contribution is -0.119. The minimum Gasteiger partial charge on any atom is -0.461 e. The molecule has 0 fully saturated rings. The quantitative estimate of drug-likeness (QED) is 0.643. The molecule has 0 radical (unpaired) electrons. The molecule has 0 unspecified atom stereocenters. The third kappa shape index (κ3) is 5.68. The van der Waals surface area contributed by atoms with Gasteiger partial charge in [-0.3, -0.25) is 4.79 Å². The van der Waals surface area contributed by atoms with Crippen molar-refractivity contribution < 1.29 is 9.53 Å². The minimum absolute atomic E-state index is 0.0391. The van der Waals surface area contributed by atoms with Crippen LogP contribution in [0.1, 0.15) is 27.2 Å². The molecule has 1 rings (SSSR count). The molecule has 0 atom stereocenters. The average Bonchev–Trinajstić information content (AvgIpc) is 2.41. The van der Waals surface area contributed by atoms with Gasteiger partial charge in [-0.1, -0.05) is 6.92 Å². The number of anilines is 2. The fourth-order valence-electron chi connectivity index (χ4n) is 1.30. The normalized spacial score (nSPS) is 10.2. The third-order valence-corrected chi connectivity index (χ3v) is 2.16. The Labute approximate surface area is 118 Å². The van der Waals surface area contributed by atoms with E-state index in [1.54, 1.807) is 7.05 Å². The summed E-state index contributed by atoms with van der Waals surface area (Å²) in [6.45, 7) is 6.52. The fraction of sp³-hybridized carbons (Fsp3) is 0.667. The average molecular weight is 282 g/mol. The van der Waals surface area contributed by atoms with Gasteiger partial charge >= 0.3 is 6.01 Å². The number of carbonyl (C=O) groups excluding carboxylic acids is 1. The molecular formula is C12H22N6O2. The SMILES string of the molecule is CCCNC(=O)CNc1nc(NC)nc(OC(C)C)n1. The van der Waals surface area contributed by atoms with Crippen LogP contribution >= 0.6 is 0 Å². The molecule has 1 heterocycles. The molecule has 112 valence electrons. The number of carbonyl (C=O) groups is 1. The first kappa shape index (κ1) is 15.9. The number of nitrogens with zero attached hydrogens (tertiary/aromatic N) is 3. The predicted octanol–water partition coefficient (Wildman–Crippen LogP) is 0.639. The molecular weight excluding hydrogens is 260 g/mol. The highest BCUT2D eigenvalue weighted by Crippen LogP contribution is 2.11. The summed E-state index contributed by atoms with van der Waals surface area (Å²) in [7, 11) is 1.70. The monoisotopic (exact) mass is 282 g/mol. The van der Waals surface area contributed by atoms with Gasteiger partial charge in [0, 0.05) is 13.6 Å². The molecule has 0 aliphatic carbocycles. The van der Waals surface area contributed by atoms with Crippen LogP contribution < -0.4 is 20.7 Å². The summed E-state index contributed by atoms with van der Waals surface area (Å²) in [6, 6.07) is 0.218. The van der Waals surface area contributed by atoms with Crippen molar-refractivity contribution in [2.24, 2.45) is 0 Å². The summed E-state index contributed by atoms with van der Waals surface area (Å²) >= 11 is 0. The van der Waals surface area contributed by atoms with Crippen molar-refractivity contribution in [2.75, 3.05) is 30.8 Å². The molecule has 8 heteroatoms. The van der Waals surface area contributed by atoms with Crippen molar-refractivity contribution >= 4 is 17.8 Å². The van der Waals surface area contributed by atoms with E-state index in [0.717, 1.165) is 6.42 Å². The van der Waals surface area contributed by atoms with Gasteiger partial charge in [-0.15, -0.1) is 0 Å². The number of nitrogens with one attached hydrogen (secondary N) is 3. The van der Waals surface area contributed by atoms with Gasteiger partial charge in [0.25, 0.3) is 0 Å². The van der Waals surface area contributed by atoms with Crippen molar-refractivity contribution in [1.29, 1.82) is 0 Å². The maximum absolute atomic E-state index is 11.5. The van der Waals surface area contributed by atoms with Crippen LogP contribution in [-0.2, 0) is 4.79 Å². The fourth-order valence-corrected chi connectivity index (χ4v) is 1.30. The number of amides is 1. The van der Waals surface area contributed by atoms with E-state index in [9.17, 15) is 4.79 Å². The van der Waals surface area contributed by atoms with Crippen LogP contribution in [0.2, 0.25) is 0 Å². The zero-order chi connectivity index (χ0) is 15.0. The van der Waals surface area contributed by atoms with Crippen LogP contribution in [0.15, 0.2) is 0 Å². The van der Waals surface area contributed by atoms with Gasteiger partial charge in [0.1, 0.15) is 0 Å². The topological polar surface area (TPSA) is 101 Å². The first-order chi connectivity index (χ1) is 9.55. The highest BCUT2D eigenvalue weighted by Gasteiger charge is 2.09. The summed E-state index contributed by atoms with van der Waals surface area (Å²) in [5.41, 5.74) is 0. The lowest BCUT2D eigenvalue weighted by Crippen LogP contribution is -2.30. The summed E-state index contributed by atoms with van der Waals surface area (Å²) in [5.74, 6) is 0.573. The molecule has 0 saturated carbocycles. The second-order valence-electron chi connectivity index (χ2n) is 4.39. The number of hydrogen-bond acceptors (Lipinski definition) is 7. The molecule has 0 spiro atoms. The van der Waals surface area contributed by atoms with Crippen molar-refractivity contribution in [3.8, 4) is 6.01 Å². The Balaban J connectivity index is 2.66. The van der Waals surface area contributed by atoms with Gasteiger partial charge < -0.3 is 20.7 Å². The molecule has 0 aliphatic rings. The third-order valence-electron chi connectivity index (χ3n) is 2.16. The maximum atomic E-state index is 11.5. The smallest absolute Gasteiger partial charge is 0.323 e. The molecule has 1 aromatic rings.